The van der Waals surface area contributed by atoms with Crippen LogP contribution in [0.15, 0.2) is 82.0 Å². The Morgan fingerprint density at radius 3 is 2.34 bits per heavy atom. The van der Waals surface area contributed by atoms with E-state index in [9.17, 15) is 4.79 Å². The predicted octanol–water partition coefficient (Wildman–Crippen LogP) is 5.13. The van der Waals surface area contributed by atoms with Gasteiger partial charge in [0.05, 0.1) is 26.7 Å². The molecule has 4 aromatic rings. The van der Waals surface area contributed by atoms with Crippen LogP contribution < -0.4 is 18.9 Å². The summed E-state index contributed by atoms with van der Waals surface area (Å²) in [4.78, 5) is 11.9. The van der Waals surface area contributed by atoms with E-state index in [2.05, 4.69) is 0 Å². The summed E-state index contributed by atoms with van der Waals surface area (Å²) >= 11 is 0. The quantitative estimate of drug-likeness (QED) is 0.389. The summed E-state index contributed by atoms with van der Waals surface area (Å²) in [6, 6.07) is 18.1. The van der Waals surface area contributed by atoms with E-state index in [4.69, 9.17) is 27.8 Å². The van der Waals surface area contributed by atoms with Crippen LogP contribution in [0.3, 0.4) is 0 Å². The summed E-state index contributed by atoms with van der Waals surface area (Å²) < 4.78 is 31.1. The molecule has 0 bridgehead atoms. The zero-order valence-electron chi connectivity index (χ0n) is 17.7. The lowest BCUT2D eigenvalue weighted by Gasteiger charge is -2.08. The Labute approximate surface area is 185 Å². The van der Waals surface area contributed by atoms with Crippen molar-refractivity contribution in [2.45, 2.75) is 6.42 Å². The molecule has 32 heavy (non-hydrogen) atoms. The van der Waals surface area contributed by atoms with Crippen LogP contribution in [0.25, 0.3) is 0 Å². The van der Waals surface area contributed by atoms with Crippen LogP contribution in [0, 0.1) is 0 Å². The van der Waals surface area contributed by atoms with Gasteiger partial charge in [-0.2, -0.15) is 0 Å². The molecule has 2 aromatic carbocycles. The summed E-state index contributed by atoms with van der Waals surface area (Å²) in [5, 5.41) is 0. The highest BCUT2D eigenvalue weighted by Gasteiger charge is 2.18. The molecule has 164 valence electrons. The average Bonchev–Trinajstić information content (AvgIpc) is 3.61. The molecule has 0 aliphatic carbocycles. The number of ether oxygens (including phenoxy) is 4. The van der Waals surface area contributed by atoms with Gasteiger partial charge in [0.25, 0.3) is 0 Å². The second-order valence-corrected chi connectivity index (χ2v) is 6.82. The number of methoxy groups -OCH3 is 2. The van der Waals surface area contributed by atoms with Crippen molar-refractivity contribution in [1.82, 2.24) is 0 Å². The van der Waals surface area contributed by atoms with Crippen LogP contribution in [-0.4, -0.2) is 26.8 Å². The molecular formula is C25H22O7. The Kier molecular flexibility index (Phi) is 6.46. The SMILES string of the molecule is COc1ccc(Cc2ccco2)cc1OC.O=C(c1ccc2c(c1)OCO2)c1ccco1. The lowest BCUT2D eigenvalue weighted by Crippen LogP contribution is -1.99. The third kappa shape index (κ3) is 4.78. The molecule has 2 aromatic heterocycles. The van der Waals surface area contributed by atoms with Crippen molar-refractivity contribution >= 4 is 5.78 Å². The van der Waals surface area contributed by atoms with Gasteiger partial charge < -0.3 is 27.8 Å². The van der Waals surface area contributed by atoms with E-state index < -0.39 is 0 Å². The van der Waals surface area contributed by atoms with Gasteiger partial charge in [0.2, 0.25) is 12.6 Å². The first-order chi connectivity index (χ1) is 15.7. The van der Waals surface area contributed by atoms with Crippen molar-refractivity contribution in [2.75, 3.05) is 21.0 Å². The largest absolute Gasteiger partial charge is 0.493 e. The lowest BCUT2D eigenvalue weighted by molar-refractivity contribution is 0.101. The van der Waals surface area contributed by atoms with Crippen molar-refractivity contribution < 1.29 is 32.6 Å². The third-order valence-electron chi connectivity index (χ3n) is 4.79. The minimum Gasteiger partial charge on any atom is -0.493 e. The molecular weight excluding hydrogens is 412 g/mol. The summed E-state index contributed by atoms with van der Waals surface area (Å²) in [7, 11) is 3.26. The number of carbonyl (C=O) groups excluding carboxylic acids is 1. The topological polar surface area (TPSA) is 80.3 Å². The van der Waals surface area contributed by atoms with Gasteiger partial charge in [-0.25, -0.2) is 0 Å². The second kappa shape index (κ2) is 9.78. The summed E-state index contributed by atoms with van der Waals surface area (Å²) in [6.45, 7) is 0.202. The fraction of sp³-hybridized carbons (Fsp3) is 0.160. The number of furan rings is 2. The molecule has 3 heterocycles. The minimum absolute atomic E-state index is 0.164. The molecule has 1 aliphatic heterocycles. The highest BCUT2D eigenvalue weighted by molar-refractivity contribution is 6.07. The van der Waals surface area contributed by atoms with Crippen LogP contribution in [-0.2, 0) is 6.42 Å². The van der Waals surface area contributed by atoms with Gasteiger partial charge in [-0.3, -0.25) is 4.79 Å². The molecule has 0 saturated heterocycles. The van der Waals surface area contributed by atoms with Gasteiger partial charge in [0, 0.05) is 12.0 Å². The van der Waals surface area contributed by atoms with E-state index in [0.717, 1.165) is 29.2 Å². The number of ketones is 1. The second-order valence-electron chi connectivity index (χ2n) is 6.82. The van der Waals surface area contributed by atoms with E-state index in [-0.39, 0.29) is 12.6 Å². The number of rotatable bonds is 6. The third-order valence-corrected chi connectivity index (χ3v) is 4.79. The smallest absolute Gasteiger partial charge is 0.231 e. The zero-order valence-corrected chi connectivity index (χ0v) is 17.7. The minimum atomic E-state index is -0.164. The summed E-state index contributed by atoms with van der Waals surface area (Å²) in [5.41, 5.74) is 1.66. The fourth-order valence-electron chi connectivity index (χ4n) is 3.19. The molecule has 1 aliphatic rings. The standard InChI is InChI=1S/C13H14O3.C12H8O4/c1-14-12-6-5-10(9-13(12)15-2)8-11-4-3-7-16-11;13-12(10-2-1-5-14-10)8-3-4-9-11(6-8)16-7-15-9/h3-7,9H,8H2,1-2H3;1-6H,7H2. The molecule has 0 fully saturated rings. The zero-order chi connectivity index (χ0) is 22.3. The van der Waals surface area contributed by atoms with E-state index >= 15 is 0 Å². The number of carbonyl (C=O) groups is 1. The number of fused-ring (bicyclic) bond motifs is 1. The first-order valence-electron chi connectivity index (χ1n) is 9.89. The highest BCUT2D eigenvalue weighted by Crippen LogP contribution is 2.33. The van der Waals surface area contributed by atoms with Gasteiger partial charge in [-0.15, -0.1) is 0 Å². The van der Waals surface area contributed by atoms with Gasteiger partial charge in [0.15, 0.2) is 28.8 Å². The van der Waals surface area contributed by atoms with Crippen LogP contribution in [0.2, 0.25) is 0 Å². The van der Waals surface area contributed by atoms with Crippen LogP contribution in [0.5, 0.6) is 23.0 Å². The first kappa shape index (κ1) is 21.1. The maximum Gasteiger partial charge on any atom is 0.231 e. The molecule has 0 amide bonds. The summed E-state index contributed by atoms with van der Waals surface area (Å²) in [6.07, 6.45) is 3.91. The molecule has 7 nitrogen and oxygen atoms in total. The van der Waals surface area contributed by atoms with E-state index in [1.807, 2.05) is 30.3 Å². The fourth-order valence-corrected chi connectivity index (χ4v) is 3.19. The van der Waals surface area contributed by atoms with E-state index in [1.54, 1.807) is 50.8 Å². The van der Waals surface area contributed by atoms with Crippen LogP contribution in [0.4, 0.5) is 0 Å². The molecule has 0 radical (unpaired) electrons. The monoisotopic (exact) mass is 434 g/mol. The number of hydrogen-bond acceptors (Lipinski definition) is 7. The number of hydrogen-bond donors (Lipinski definition) is 0. The van der Waals surface area contributed by atoms with Crippen molar-refractivity contribution in [3.8, 4) is 23.0 Å². The first-order valence-corrected chi connectivity index (χ1v) is 9.89. The van der Waals surface area contributed by atoms with Crippen molar-refractivity contribution in [3.05, 3.63) is 95.8 Å². The highest BCUT2D eigenvalue weighted by atomic mass is 16.7. The van der Waals surface area contributed by atoms with Gasteiger partial charge in [0.1, 0.15) is 5.76 Å². The Balaban J connectivity index is 0.000000153. The van der Waals surface area contributed by atoms with Crippen molar-refractivity contribution in [1.29, 1.82) is 0 Å². The average molecular weight is 434 g/mol. The van der Waals surface area contributed by atoms with Crippen molar-refractivity contribution in [2.24, 2.45) is 0 Å². The Bertz CT molecular complexity index is 1160. The van der Waals surface area contributed by atoms with Crippen LogP contribution >= 0.6 is 0 Å². The molecule has 0 spiro atoms. The van der Waals surface area contributed by atoms with Gasteiger partial charge in [-0.05, 0) is 60.2 Å². The van der Waals surface area contributed by atoms with E-state index in [0.29, 0.717) is 22.8 Å². The summed E-state index contributed by atoms with van der Waals surface area (Å²) in [5.74, 6) is 3.83. The molecule has 0 atom stereocenters. The predicted molar refractivity (Wildman–Crippen MR) is 116 cm³/mol. The van der Waals surface area contributed by atoms with Crippen LogP contribution in [0.1, 0.15) is 27.4 Å². The lowest BCUT2D eigenvalue weighted by atomic mass is 10.1. The van der Waals surface area contributed by atoms with Crippen molar-refractivity contribution in [3.63, 3.8) is 0 Å². The Hall–Kier alpha value is -4.13. The Morgan fingerprint density at radius 2 is 1.62 bits per heavy atom. The molecule has 0 unspecified atom stereocenters. The van der Waals surface area contributed by atoms with Gasteiger partial charge >= 0.3 is 0 Å². The van der Waals surface area contributed by atoms with E-state index in [1.165, 1.54) is 6.26 Å². The molecule has 5 rings (SSSR count). The molecule has 0 saturated carbocycles. The maximum atomic E-state index is 11.9. The molecule has 7 heteroatoms. The molecule has 0 N–H and O–H groups in total. The Morgan fingerprint density at radius 1 is 0.844 bits per heavy atom. The number of benzene rings is 2. The van der Waals surface area contributed by atoms with Gasteiger partial charge in [-0.1, -0.05) is 6.07 Å². The normalized spacial score (nSPS) is 11.4. The maximum absolute atomic E-state index is 11.9.